The lowest BCUT2D eigenvalue weighted by atomic mass is 9.93. The normalized spacial score (nSPS) is 14.8. The molecule has 5 rings (SSSR count). The molecule has 1 atom stereocenters. The van der Waals surface area contributed by atoms with Crippen LogP contribution >= 0.6 is 0 Å². The highest BCUT2D eigenvalue weighted by Crippen LogP contribution is 2.47. The van der Waals surface area contributed by atoms with Crippen LogP contribution in [-0.4, -0.2) is 37.8 Å². The number of ether oxygens (including phenoxy) is 1. The van der Waals surface area contributed by atoms with Crippen molar-refractivity contribution >= 4 is 5.91 Å². The standard InChI is InChI=1S/C28H26FN3O4/c1-4-36-22-13-18(7-10-20(22)33)27-24-25(23-16(3)11-15(2)12-21(23)34)30-31-26(24)28(35)32(27)14-17-5-8-19(29)9-6-17/h5-13,27,33-34H,4,14H2,1-3H3,(H,30,31). The van der Waals surface area contributed by atoms with Crippen molar-refractivity contribution in [3.05, 3.63) is 93.9 Å². The van der Waals surface area contributed by atoms with Crippen LogP contribution in [0.25, 0.3) is 11.3 Å². The zero-order chi connectivity index (χ0) is 25.6. The van der Waals surface area contributed by atoms with E-state index >= 15 is 0 Å². The van der Waals surface area contributed by atoms with Gasteiger partial charge >= 0.3 is 0 Å². The number of phenolic OH excluding ortho intramolecular Hbond substituents is 2. The summed E-state index contributed by atoms with van der Waals surface area (Å²) in [4.78, 5) is 15.3. The first-order valence-electron chi connectivity index (χ1n) is 11.7. The van der Waals surface area contributed by atoms with Crippen LogP contribution < -0.4 is 4.74 Å². The second kappa shape index (κ2) is 9.03. The molecule has 0 radical (unpaired) electrons. The van der Waals surface area contributed by atoms with E-state index in [0.29, 0.717) is 40.4 Å². The van der Waals surface area contributed by atoms with Gasteiger partial charge in [0, 0.05) is 17.7 Å². The van der Waals surface area contributed by atoms with E-state index in [-0.39, 0.29) is 29.8 Å². The summed E-state index contributed by atoms with van der Waals surface area (Å²) >= 11 is 0. The van der Waals surface area contributed by atoms with Crippen molar-refractivity contribution in [2.75, 3.05) is 6.61 Å². The third-order valence-electron chi connectivity index (χ3n) is 6.43. The summed E-state index contributed by atoms with van der Waals surface area (Å²) in [7, 11) is 0. The molecule has 1 aliphatic heterocycles. The van der Waals surface area contributed by atoms with Gasteiger partial charge < -0.3 is 19.8 Å². The largest absolute Gasteiger partial charge is 0.507 e. The minimum atomic E-state index is -0.591. The Morgan fingerprint density at radius 3 is 2.50 bits per heavy atom. The number of hydrogen-bond donors (Lipinski definition) is 3. The number of phenols is 2. The van der Waals surface area contributed by atoms with Gasteiger partial charge in [-0.3, -0.25) is 9.89 Å². The van der Waals surface area contributed by atoms with Crippen LogP contribution in [0, 0.1) is 19.7 Å². The minimum absolute atomic E-state index is 0.00493. The fourth-order valence-corrected chi connectivity index (χ4v) is 4.91. The second-order valence-electron chi connectivity index (χ2n) is 8.96. The predicted molar refractivity (Wildman–Crippen MR) is 133 cm³/mol. The zero-order valence-electron chi connectivity index (χ0n) is 20.2. The van der Waals surface area contributed by atoms with Crippen LogP contribution in [-0.2, 0) is 6.54 Å². The van der Waals surface area contributed by atoms with Gasteiger partial charge in [-0.25, -0.2) is 4.39 Å². The number of aromatic amines is 1. The Labute approximate surface area is 207 Å². The van der Waals surface area contributed by atoms with Crippen molar-refractivity contribution in [2.45, 2.75) is 33.4 Å². The number of aromatic nitrogens is 2. The van der Waals surface area contributed by atoms with Gasteiger partial charge in [0.1, 0.15) is 23.0 Å². The Kier molecular flexibility index (Phi) is 5.88. The first-order chi connectivity index (χ1) is 17.3. The highest BCUT2D eigenvalue weighted by atomic mass is 19.1. The Bertz CT molecular complexity index is 1440. The van der Waals surface area contributed by atoms with Crippen LogP contribution in [0.5, 0.6) is 17.2 Å². The second-order valence-corrected chi connectivity index (χ2v) is 8.96. The van der Waals surface area contributed by atoms with E-state index in [1.807, 2.05) is 26.8 Å². The monoisotopic (exact) mass is 487 g/mol. The van der Waals surface area contributed by atoms with Crippen LogP contribution in [0.3, 0.4) is 0 Å². The van der Waals surface area contributed by atoms with Gasteiger partial charge in [0.15, 0.2) is 11.5 Å². The number of amides is 1. The van der Waals surface area contributed by atoms with E-state index in [4.69, 9.17) is 4.74 Å². The van der Waals surface area contributed by atoms with E-state index in [9.17, 15) is 19.4 Å². The number of carbonyl (C=O) groups is 1. The molecule has 36 heavy (non-hydrogen) atoms. The molecule has 0 aliphatic carbocycles. The maximum atomic E-state index is 13.6. The molecule has 1 unspecified atom stereocenters. The van der Waals surface area contributed by atoms with E-state index in [1.54, 1.807) is 35.2 Å². The number of halogens is 1. The summed E-state index contributed by atoms with van der Waals surface area (Å²) in [5.41, 5.74) is 5.16. The smallest absolute Gasteiger partial charge is 0.273 e. The number of nitrogens with one attached hydrogen (secondary N) is 1. The molecule has 1 amide bonds. The maximum Gasteiger partial charge on any atom is 0.273 e. The minimum Gasteiger partial charge on any atom is -0.507 e. The van der Waals surface area contributed by atoms with Crippen LogP contribution in [0.1, 0.15) is 51.3 Å². The van der Waals surface area contributed by atoms with Crippen molar-refractivity contribution in [1.82, 2.24) is 15.1 Å². The molecule has 1 aromatic heterocycles. The Morgan fingerprint density at radius 1 is 1.06 bits per heavy atom. The molecule has 0 bridgehead atoms. The number of benzene rings is 3. The number of hydrogen-bond acceptors (Lipinski definition) is 5. The zero-order valence-corrected chi connectivity index (χ0v) is 20.2. The first kappa shape index (κ1) is 23.4. The van der Waals surface area contributed by atoms with E-state index in [2.05, 4.69) is 10.2 Å². The fraction of sp³-hybridized carbons (Fsp3) is 0.214. The summed E-state index contributed by atoms with van der Waals surface area (Å²) in [6.45, 7) is 6.18. The van der Waals surface area contributed by atoms with Crippen LogP contribution in [0.2, 0.25) is 0 Å². The fourth-order valence-electron chi connectivity index (χ4n) is 4.91. The van der Waals surface area contributed by atoms with Crippen LogP contribution in [0.15, 0.2) is 54.6 Å². The molecular weight excluding hydrogens is 461 g/mol. The van der Waals surface area contributed by atoms with Crippen molar-refractivity contribution in [3.63, 3.8) is 0 Å². The van der Waals surface area contributed by atoms with E-state index in [1.165, 1.54) is 18.2 Å². The Morgan fingerprint density at radius 2 is 1.81 bits per heavy atom. The van der Waals surface area contributed by atoms with Gasteiger partial charge in [-0.15, -0.1) is 0 Å². The van der Waals surface area contributed by atoms with E-state index in [0.717, 1.165) is 16.7 Å². The topological polar surface area (TPSA) is 98.7 Å². The Balaban J connectivity index is 1.69. The van der Waals surface area contributed by atoms with Gasteiger partial charge in [0.05, 0.1) is 12.6 Å². The summed E-state index contributed by atoms with van der Waals surface area (Å²) in [6, 6.07) is 14.0. The first-order valence-corrected chi connectivity index (χ1v) is 11.7. The van der Waals surface area contributed by atoms with Gasteiger partial charge in [-0.1, -0.05) is 24.3 Å². The summed E-state index contributed by atoms with van der Waals surface area (Å²) in [6.07, 6.45) is 0. The predicted octanol–water partition coefficient (Wildman–Crippen LogP) is 5.39. The molecule has 0 saturated heterocycles. The summed E-state index contributed by atoms with van der Waals surface area (Å²) in [5, 5.41) is 28.5. The number of H-pyrrole nitrogens is 1. The van der Waals surface area contributed by atoms with Gasteiger partial charge in [-0.05, 0) is 73.4 Å². The molecule has 0 saturated carbocycles. The molecule has 184 valence electrons. The van der Waals surface area contributed by atoms with Crippen molar-refractivity contribution in [2.24, 2.45) is 0 Å². The average molecular weight is 488 g/mol. The van der Waals surface area contributed by atoms with Crippen molar-refractivity contribution < 1.29 is 24.1 Å². The van der Waals surface area contributed by atoms with Crippen molar-refractivity contribution in [1.29, 1.82) is 0 Å². The summed E-state index contributed by atoms with van der Waals surface area (Å²) < 4.78 is 19.1. The quantitative estimate of drug-likeness (QED) is 0.339. The lowest BCUT2D eigenvalue weighted by Crippen LogP contribution is -2.29. The molecule has 3 aromatic carbocycles. The molecule has 4 aromatic rings. The molecule has 8 heteroatoms. The molecule has 3 N–H and O–H groups in total. The molecular formula is C28H26FN3O4. The maximum absolute atomic E-state index is 13.6. The molecule has 2 heterocycles. The molecule has 0 spiro atoms. The number of fused-ring (bicyclic) bond motifs is 1. The Hall–Kier alpha value is -4.33. The van der Waals surface area contributed by atoms with Crippen LogP contribution in [0.4, 0.5) is 4.39 Å². The SMILES string of the molecule is CCOc1cc(C2c3c(-c4c(C)cc(C)cc4O)n[nH]c3C(=O)N2Cc2ccc(F)cc2)ccc1O. The number of nitrogens with zero attached hydrogens (tertiary/aromatic N) is 2. The highest BCUT2D eigenvalue weighted by Gasteiger charge is 2.43. The van der Waals surface area contributed by atoms with Gasteiger partial charge in [0.2, 0.25) is 0 Å². The lowest BCUT2D eigenvalue weighted by molar-refractivity contribution is 0.0730. The molecule has 1 aliphatic rings. The van der Waals surface area contributed by atoms with Gasteiger partial charge in [0.25, 0.3) is 5.91 Å². The third kappa shape index (κ3) is 3.94. The molecule has 7 nitrogen and oxygen atoms in total. The number of aromatic hydroxyl groups is 2. The van der Waals surface area contributed by atoms with Gasteiger partial charge in [-0.2, -0.15) is 5.10 Å². The summed E-state index contributed by atoms with van der Waals surface area (Å²) in [5.74, 6) is -0.254. The van der Waals surface area contributed by atoms with E-state index < -0.39 is 6.04 Å². The lowest BCUT2D eigenvalue weighted by Gasteiger charge is -2.27. The van der Waals surface area contributed by atoms with Crippen molar-refractivity contribution in [3.8, 4) is 28.5 Å². The number of carbonyl (C=O) groups excluding carboxylic acids is 1. The highest BCUT2D eigenvalue weighted by molar-refractivity contribution is 6.00. The number of aryl methyl sites for hydroxylation is 2. The molecule has 0 fully saturated rings. The number of rotatable bonds is 6. The average Bonchev–Trinajstić information content (AvgIpc) is 3.36. The third-order valence-corrected chi connectivity index (χ3v) is 6.43.